The Balaban J connectivity index is 2.39. The lowest BCUT2D eigenvalue weighted by molar-refractivity contribution is -0.384. The van der Waals surface area contributed by atoms with Crippen molar-refractivity contribution in [2.24, 2.45) is 5.92 Å². The van der Waals surface area contributed by atoms with E-state index in [4.69, 9.17) is 37.4 Å². The van der Waals surface area contributed by atoms with E-state index in [0.29, 0.717) is 0 Å². The number of ether oxygens (including phenoxy) is 3. The molecule has 10 nitrogen and oxygen atoms in total. The summed E-state index contributed by atoms with van der Waals surface area (Å²) in [7, 11) is 0. The Kier molecular flexibility index (Phi) is 7.85. The average molecular weight is 463 g/mol. The van der Waals surface area contributed by atoms with Gasteiger partial charge in [-0.3, -0.25) is 24.5 Å². The second-order valence-corrected chi connectivity index (χ2v) is 7.55. The molecule has 1 saturated carbocycles. The molecule has 0 spiro atoms. The Hall–Kier alpha value is -2.59. The van der Waals surface area contributed by atoms with E-state index >= 15 is 0 Å². The lowest BCUT2D eigenvalue weighted by Crippen LogP contribution is -2.41. The monoisotopic (exact) mass is 462 g/mol. The van der Waals surface area contributed by atoms with Crippen LogP contribution < -0.4 is 5.32 Å². The van der Waals surface area contributed by atoms with Gasteiger partial charge in [-0.05, 0) is 12.5 Å². The van der Waals surface area contributed by atoms with Gasteiger partial charge in [0, 0.05) is 32.8 Å². The molecule has 12 heteroatoms. The van der Waals surface area contributed by atoms with Gasteiger partial charge in [0.05, 0.1) is 27.6 Å². The molecule has 0 aliphatic heterocycles. The van der Waals surface area contributed by atoms with E-state index in [-0.39, 0.29) is 34.4 Å². The van der Waals surface area contributed by atoms with Crippen molar-refractivity contribution in [1.29, 1.82) is 0 Å². The van der Waals surface area contributed by atoms with Crippen LogP contribution >= 0.6 is 23.2 Å². The zero-order valence-corrected chi connectivity index (χ0v) is 17.9. The third kappa shape index (κ3) is 5.96. The molecule has 2 rings (SSSR count). The summed E-state index contributed by atoms with van der Waals surface area (Å²) in [5, 5.41) is 14.4. The fourth-order valence-electron chi connectivity index (χ4n) is 3.32. The summed E-state index contributed by atoms with van der Waals surface area (Å²) >= 11 is 11.9. The van der Waals surface area contributed by atoms with Gasteiger partial charge in [-0.2, -0.15) is 0 Å². The van der Waals surface area contributed by atoms with Gasteiger partial charge in [-0.15, -0.1) is 0 Å². The van der Waals surface area contributed by atoms with Crippen LogP contribution in [0.25, 0.3) is 0 Å². The maximum atomic E-state index is 11.7. The third-order valence-corrected chi connectivity index (χ3v) is 5.14. The molecule has 30 heavy (non-hydrogen) atoms. The first kappa shape index (κ1) is 23.7. The van der Waals surface area contributed by atoms with E-state index in [1.54, 1.807) is 0 Å². The minimum atomic E-state index is -0.985. The predicted molar refractivity (Wildman–Crippen MR) is 106 cm³/mol. The van der Waals surface area contributed by atoms with Crippen LogP contribution in [0.2, 0.25) is 10.0 Å². The number of benzene rings is 1. The zero-order chi connectivity index (χ0) is 22.6. The molecule has 1 aliphatic rings. The number of hydrogen-bond donors (Lipinski definition) is 1. The zero-order valence-electron chi connectivity index (χ0n) is 16.3. The number of carbonyl (C=O) groups excluding carboxylic acids is 3. The van der Waals surface area contributed by atoms with Gasteiger partial charge in [0.1, 0.15) is 11.8 Å². The van der Waals surface area contributed by atoms with Crippen molar-refractivity contribution < 1.29 is 33.5 Å². The molecule has 4 atom stereocenters. The Labute approximate surface area is 181 Å². The first-order chi connectivity index (χ1) is 14.0. The average Bonchev–Trinajstić information content (AvgIpc) is 2.91. The summed E-state index contributed by atoms with van der Waals surface area (Å²) < 4.78 is 15.7. The Morgan fingerprint density at radius 2 is 1.63 bits per heavy atom. The van der Waals surface area contributed by atoms with E-state index in [9.17, 15) is 24.5 Å². The molecule has 0 bridgehead atoms. The quantitative estimate of drug-likeness (QED) is 0.280. The van der Waals surface area contributed by atoms with Gasteiger partial charge in [-0.1, -0.05) is 23.2 Å². The standard InChI is InChI=1S/C18H20Cl2N2O8/c1-8(23)28-7-11-4-15(18(30-10(3)25)17(11)29-9(2)24)21-14-5-12(19)13(20)6-16(14)22(26)27/h5-6,11,15,17-18,21H,4,7H2,1-3H3/t11-,15-,17-,18+/m1/s1. The van der Waals surface area contributed by atoms with E-state index in [1.807, 2.05) is 0 Å². The SMILES string of the molecule is CC(=O)OC[C@H]1C[C@@H](Nc2cc(Cl)c(Cl)cc2[N+](=O)[O-])[C@H](OC(C)=O)[C@@H]1OC(C)=O. The van der Waals surface area contributed by atoms with Crippen molar-refractivity contribution in [2.75, 3.05) is 11.9 Å². The van der Waals surface area contributed by atoms with Crippen LogP contribution in [0.5, 0.6) is 0 Å². The van der Waals surface area contributed by atoms with Crippen molar-refractivity contribution in [2.45, 2.75) is 45.4 Å². The minimum Gasteiger partial charge on any atom is -0.465 e. The Bertz CT molecular complexity index is 863. The van der Waals surface area contributed by atoms with Gasteiger partial charge in [-0.25, -0.2) is 0 Å². The number of esters is 3. The van der Waals surface area contributed by atoms with E-state index < -0.39 is 47.0 Å². The summed E-state index contributed by atoms with van der Waals surface area (Å²) in [6.45, 7) is 3.52. The van der Waals surface area contributed by atoms with E-state index in [0.717, 1.165) is 6.07 Å². The molecular weight excluding hydrogens is 443 g/mol. The number of nitro benzene ring substituents is 1. The molecule has 1 aromatic rings. The molecule has 1 aliphatic carbocycles. The predicted octanol–water partition coefficient (Wildman–Crippen LogP) is 3.13. The molecule has 0 radical (unpaired) electrons. The summed E-state index contributed by atoms with van der Waals surface area (Å²) in [4.78, 5) is 45.2. The third-order valence-electron chi connectivity index (χ3n) is 4.42. The van der Waals surface area contributed by atoms with Gasteiger partial charge in [0.15, 0.2) is 6.10 Å². The van der Waals surface area contributed by atoms with Crippen LogP contribution in [0.4, 0.5) is 11.4 Å². The maximum absolute atomic E-state index is 11.7. The van der Waals surface area contributed by atoms with Crippen molar-refractivity contribution in [3.8, 4) is 0 Å². The molecule has 1 N–H and O–H groups in total. The summed E-state index contributed by atoms with van der Waals surface area (Å²) in [6, 6.07) is 1.68. The fraction of sp³-hybridized carbons (Fsp3) is 0.500. The van der Waals surface area contributed by atoms with E-state index in [1.165, 1.54) is 26.8 Å². The number of carbonyl (C=O) groups is 3. The second-order valence-electron chi connectivity index (χ2n) is 6.74. The van der Waals surface area contributed by atoms with Crippen LogP contribution in [-0.4, -0.2) is 47.7 Å². The van der Waals surface area contributed by atoms with Crippen LogP contribution in [0.3, 0.4) is 0 Å². The summed E-state index contributed by atoms with van der Waals surface area (Å²) in [5.74, 6) is -2.30. The first-order valence-electron chi connectivity index (χ1n) is 8.87. The molecule has 0 aromatic heterocycles. The number of rotatable bonds is 7. The van der Waals surface area contributed by atoms with Gasteiger partial charge < -0.3 is 19.5 Å². The summed E-state index contributed by atoms with van der Waals surface area (Å²) in [6.07, 6.45) is -1.69. The summed E-state index contributed by atoms with van der Waals surface area (Å²) in [5.41, 5.74) is -0.287. The minimum absolute atomic E-state index is 0.00222. The number of anilines is 1. The van der Waals surface area contributed by atoms with Gasteiger partial charge >= 0.3 is 17.9 Å². The highest BCUT2D eigenvalue weighted by Crippen LogP contribution is 2.38. The first-order valence-corrected chi connectivity index (χ1v) is 9.63. The molecule has 164 valence electrons. The molecule has 0 heterocycles. The van der Waals surface area contributed by atoms with Crippen LogP contribution in [0.1, 0.15) is 27.2 Å². The molecule has 1 aromatic carbocycles. The number of nitro groups is 1. The number of nitrogens with one attached hydrogen (secondary N) is 1. The van der Waals surface area contributed by atoms with Crippen molar-refractivity contribution >= 4 is 52.5 Å². The molecule has 1 fully saturated rings. The lowest BCUT2D eigenvalue weighted by Gasteiger charge is -2.26. The highest BCUT2D eigenvalue weighted by atomic mass is 35.5. The van der Waals surface area contributed by atoms with Gasteiger partial charge in [0.25, 0.3) is 5.69 Å². The Morgan fingerprint density at radius 3 is 2.17 bits per heavy atom. The van der Waals surface area contributed by atoms with E-state index in [2.05, 4.69) is 5.32 Å². The topological polar surface area (TPSA) is 134 Å². The van der Waals surface area contributed by atoms with Crippen molar-refractivity contribution in [3.63, 3.8) is 0 Å². The number of halogens is 2. The lowest BCUT2D eigenvalue weighted by atomic mass is 10.1. The molecular formula is C18H20Cl2N2O8. The van der Waals surface area contributed by atoms with Crippen LogP contribution in [0.15, 0.2) is 12.1 Å². The highest BCUT2D eigenvalue weighted by Gasteiger charge is 2.48. The van der Waals surface area contributed by atoms with Crippen LogP contribution in [0, 0.1) is 16.0 Å². The smallest absolute Gasteiger partial charge is 0.303 e. The largest absolute Gasteiger partial charge is 0.465 e. The molecule has 0 amide bonds. The number of hydrogen-bond acceptors (Lipinski definition) is 9. The van der Waals surface area contributed by atoms with Crippen molar-refractivity contribution in [1.82, 2.24) is 0 Å². The molecule has 0 saturated heterocycles. The second kappa shape index (κ2) is 9.94. The fourth-order valence-corrected chi connectivity index (χ4v) is 3.64. The van der Waals surface area contributed by atoms with Crippen LogP contribution in [-0.2, 0) is 28.6 Å². The normalized spacial score (nSPS) is 22.8. The van der Waals surface area contributed by atoms with Gasteiger partial charge in [0.2, 0.25) is 0 Å². The Morgan fingerprint density at radius 1 is 1.07 bits per heavy atom. The van der Waals surface area contributed by atoms with Crippen molar-refractivity contribution in [3.05, 3.63) is 32.3 Å². The highest BCUT2D eigenvalue weighted by molar-refractivity contribution is 6.42. The number of nitrogens with zero attached hydrogens (tertiary/aromatic N) is 1. The maximum Gasteiger partial charge on any atom is 0.303 e. The molecule has 0 unspecified atom stereocenters.